The summed E-state index contributed by atoms with van der Waals surface area (Å²) in [6.07, 6.45) is 1.23. The molecule has 13 heteroatoms. The summed E-state index contributed by atoms with van der Waals surface area (Å²) in [6.45, 7) is 4.65. The maximum Gasteiger partial charge on any atom is 0.348 e. The van der Waals surface area contributed by atoms with Crippen molar-refractivity contribution in [2.24, 2.45) is 0 Å². The van der Waals surface area contributed by atoms with E-state index in [2.05, 4.69) is 15.6 Å². The number of nitrogens with one attached hydrogen (secondary N) is 2. The number of hydrogen-bond acceptors (Lipinski definition) is 10. The Bertz CT molecular complexity index is 1700. The Labute approximate surface area is 230 Å². The van der Waals surface area contributed by atoms with E-state index in [1.165, 1.54) is 20.5 Å². The van der Waals surface area contributed by atoms with Crippen LogP contribution in [0.2, 0.25) is 0 Å². The molecule has 3 heterocycles. The Balaban J connectivity index is 1.61. The summed E-state index contributed by atoms with van der Waals surface area (Å²) in [5.74, 6) is -2.39. The second kappa shape index (κ2) is 11.2. The highest BCUT2D eigenvalue weighted by Gasteiger charge is 2.27. The summed E-state index contributed by atoms with van der Waals surface area (Å²) in [4.78, 5) is 68.7. The van der Waals surface area contributed by atoms with Gasteiger partial charge in [0.25, 0.3) is 11.5 Å². The summed E-state index contributed by atoms with van der Waals surface area (Å²) >= 11 is 1.95. The molecule has 0 radical (unpaired) electrons. The Morgan fingerprint density at radius 3 is 2.28 bits per heavy atom. The average Bonchev–Trinajstić information content (AvgIpc) is 3.42. The number of benzene rings is 1. The van der Waals surface area contributed by atoms with Crippen LogP contribution in [0.15, 0.2) is 35.4 Å². The van der Waals surface area contributed by atoms with Crippen LogP contribution >= 0.6 is 22.7 Å². The van der Waals surface area contributed by atoms with Gasteiger partial charge in [0.05, 0.1) is 36.4 Å². The van der Waals surface area contributed by atoms with Gasteiger partial charge in [-0.1, -0.05) is 18.2 Å². The molecule has 4 aromatic rings. The van der Waals surface area contributed by atoms with E-state index in [9.17, 15) is 24.0 Å². The Hall–Kier alpha value is -4.36. The minimum absolute atomic E-state index is 0.0233. The first-order chi connectivity index (χ1) is 18.6. The van der Waals surface area contributed by atoms with Crippen molar-refractivity contribution in [3.8, 4) is 0 Å². The predicted molar refractivity (Wildman–Crippen MR) is 148 cm³/mol. The van der Waals surface area contributed by atoms with Crippen LogP contribution in [0.5, 0.6) is 0 Å². The molecule has 2 amide bonds. The van der Waals surface area contributed by atoms with Crippen molar-refractivity contribution in [2.75, 3.05) is 24.9 Å². The number of aryl methyl sites for hydroxylation is 2. The maximum absolute atomic E-state index is 13.3. The summed E-state index contributed by atoms with van der Waals surface area (Å²) < 4.78 is 10.7. The molecule has 202 valence electrons. The fourth-order valence-electron chi connectivity index (χ4n) is 3.94. The molecule has 0 saturated heterocycles. The number of anilines is 2. The highest BCUT2D eigenvalue weighted by Crippen LogP contribution is 2.34. The third-order valence-corrected chi connectivity index (χ3v) is 8.38. The number of methoxy groups -OCH3 is 2. The first-order valence-corrected chi connectivity index (χ1v) is 13.2. The molecule has 0 saturated carbocycles. The monoisotopic (exact) mass is 568 g/mol. The van der Waals surface area contributed by atoms with Crippen LogP contribution in [-0.4, -0.2) is 47.5 Å². The number of ether oxygens (including phenoxy) is 2. The SMILES string of the molecule is COC(=O)c1sc(NC(=O)Cn2cnc3sc(C(=O)Nc4ccccc4C)c(C)c3c2=O)c(C(=O)OC)c1C. The van der Waals surface area contributed by atoms with Crippen LogP contribution in [0.1, 0.15) is 46.4 Å². The number of fused-ring (bicyclic) bond motifs is 1. The van der Waals surface area contributed by atoms with Gasteiger partial charge in [0.1, 0.15) is 21.3 Å². The fourth-order valence-corrected chi connectivity index (χ4v) is 6.10. The van der Waals surface area contributed by atoms with Crippen LogP contribution in [0.3, 0.4) is 0 Å². The zero-order valence-corrected chi connectivity index (χ0v) is 23.3. The summed E-state index contributed by atoms with van der Waals surface area (Å²) in [5, 5.41) is 5.77. The molecular weight excluding hydrogens is 544 g/mol. The molecule has 0 unspecified atom stereocenters. The lowest BCUT2D eigenvalue weighted by atomic mass is 10.1. The molecular formula is C26H24N4O7S2. The van der Waals surface area contributed by atoms with Crippen molar-refractivity contribution in [2.45, 2.75) is 27.3 Å². The van der Waals surface area contributed by atoms with Crippen molar-refractivity contribution in [1.29, 1.82) is 0 Å². The van der Waals surface area contributed by atoms with Crippen LogP contribution in [0, 0.1) is 20.8 Å². The smallest absolute Gasteiger partial charge is 0.348 e. The lowest BCUT2D eigenvalue weighted by Crippen LogP contribution is -2.28. The topological polar surface area (TPSA) is 146 Å². The van der Waals surface area contributed by atoms with E-state index in [-0.39, 0.29) is 26.7 Å². The molecule has 39 heavy (non-hydrogen) atoms. The molecule has 11 nitrogen and oxygen atoms in total. The molecule has 0 atom stereocenters. The number of nitrogens with zero attached hydrogens (tertiary/aromatic N) is 2. The van der Waals surface area contributed by atoms with E-state index in [0.717, 1.165) is 32.8 Å². The second-order valence-electron chi connectivity index (χ2n) is 8.47. The van der Waals surface area contributed by atoms with E-state index in [1.54, 1.807) is 19.9 Å². The van der Waals surface area contributed by atoms with Gasteiger partial charge >= 0.3 is 11.9 Å². The Kier molecular flexibility index (Phi) is 7.93. The van der Waals surface area contributed by atoms with E-state index in [4.69, 9.17) is 9.47 Å². The molecule has 0 aliphatic rings. The number of rotatable bonds is 7. The second-order valence-corrected chi connectivity index (χ2v) is 10.5. The van der Waals surface area contributed by atoms with Gasteiger partial charge in [0.15, 0.2) is 0 Å². The average molecular weight is 569 g/mol. The van der Waals surface area contributed by atoms with Gasteiger partial charge in [-0.2, -0.15) is 0 Å². The molecule has 3 aromatic heterocycles. The molecule has 4 rings (SSSR count). The molecule has 1 aromatic carbocycles. The number of carbonyl (C=O) groups is 4. The lowest BCUT2D eigenvalue weighted by molar-refractivity contribution is -0.116. The molecule has 2 N–H and O–H groups in total. The quantitative estimate of drug-likeness (QED) is 0.319. The Morgan fingerprint density at radius 2 is 1.62 bits per heavy atom. The summed E-state index contributed by atoms with van der Waals surface area (Å²) in [5.41, 5.74) is 1.84. The number of amides is 2. The predicted octanol–water partition coefficient (Wildman–Crippen LogP) is 3.91. The fraction of sp³-hybridized carbons (Fsp3) is 0.231. The van der Waals surface area contributed by atoms with Gasteiger partial charge < -0.3 is 20.1 Å². The number of para-hydroxylation sites is 1. The standard InChI is InChI=1S/C26H24N4O7S2/c1-12-8-6-7-9-15(12)28-21(32)19-13(2)17-22(38-19)27-11-30(24(17)33)10-16(31)29-23-18(25(34)36-4)14(3)20(39-23)26(35)37-5/h6-9,11H,10H2,1-5H3,(H,28,32)(H,29,31). The van der Waals surface area contributed by atoms with Gasteiger partial charge in [0, 0.05) is 5.69 Å². The first kappa shape index (κ1) is 27.7. The molecule has 0 fully saturated rings. The lowest BCUT2D eigenvalue weighted by Gasteiger charge is -2.08. The van der Waals surface area contributed by atoms with Crippen LogP contribution in [0.25, 0.3) is 10.2 Å². The number of carbonyl (C=O) groups excluding carboxylic acids is 4. The van der Waals surface area contributed by atoms with Gasteiger partial charge in [-0.25, -0.2) is 14.6 Å². The molecule has 0 aliphatic carbocycles. The van der Waals surface area contributed by atoms with Crippen LogP contribution < -0.4 is 16.2 Å². The van der Waals surface area contributed by atoms with E-state index in [0.29, 0.717) is 26.5 Å². The first-order valence-electron chi connectivity index (χ1n) is 11.5. The zero-order valence-electron chi connectivity index (χ0n) is 21.7. The van der Waals surface area contributed by atoms with Crippen LogP contribution in [-0.2, 0) is 20.8 Å². The zero-order chi connectivity index (χ0) is 28.4. The minimum atomic E-state index is -0.736. The molecule has 0 spiro atoms. The van der Waals surface area contributed by atoms with Crippen molar-refractivity contribution >= 4 is 67.3 Å². The van der Waals surface area contributed by atoms with Crippen molar-refractivity contribution in [3.63, 3.8) is 0 Å². The third kappa shape index (κ3) is 5.31. The third-order valence-electron chi connectivity index (χ3n) is 5.99. The Morgan fingerprint density at radius 1 is 0.923 bits per heavy atom. The largest absolute Gasteiger partial charge is 0.465 e. The van der Waals surface area contributed by atoms with Gasteiger partial charge in [-0.15, -0.1) is 22.7 Å². The number of hydrogen-bond donors (Lipinski definition) is 2. The van der Waals surface area contributed by atoms with Gasteiger partial charge in [0.2, 0.25) is 5.91 Å². The normalized spacial score (nSPS) is 10.8. The molecule has 0 aliphatic heterocycles. The maximum atomic E-state index is 13.3. The van der Waals surface area contributed by atoms with Crippen molar-refractivity contribution in [1.82, 2.24) is 9.55 Å². The van der Waals surface area contributed by atoms with Gasteiger partial charge in [-0.3, -0.25) is 19.0 Å². The van der Waals surface area contributed by atoms with E-state index >= 15 is 0 Å². The number of esters is 2. The molecule has 0 bridgehead atoms. The van der Waals surface area contributed by atoms with Crippen LogP contribution in [0.4, 0.5) is 10.7 Å². The highest BCUT2D eigenvalue weighted by molar-refractivity contribution is 7.20. The number of aromatic nitrogens is 2. The van der Waals surface area contributed by atoms with Crippen molar-refractivity contribution < 1.29 is 28.7 Å². The number of thiophene rings is 2. The van der Waals surface area contributed by atoms with Gasteiger partial charge in [-0.05, 0) is 43.5 Å². The van der Waals surface area contributed by atoms with Crippen molar-refractivity contribution in [3.05, 3.63) is 73.0 Å². The minimum Gasteiger partial charge on any atom is -0.465 e. The van der Waals surface area contributed by atoms with E-state index in [1.807, 2.05) is 25.1 Å². The van der Waals surface area contributed by atoms with E-state index < -0.39 is 29.9 Å². The summed E-state index contributed by atoms with van der Waals surface area (Å²) in [7, 11) is 2.39. The summed E-state index contributed by atoms with van der Waals surface area (Å²) in [6, 6.07) is 7.34. The highest BCUT2D eigenvalue weighted by atomic mass is 32.1.